The maximum absolute atomic E-state index is 8.91. The molecule has 0 saturated carbocycles. The van der Waals surface area contributed by atoms with Crippen LogP contribution in [0.25, 0.3) is 0 Å². The molecule has 0 aromatic heterocycles. The first-order chi connectivity index (χ1) is 8.13. The Labute approximate surface area is 106 Å². The van der Waals surface area contributed by atoms with Crippen LogP contribution >= 0.6 is 0 Å². The van der Waals surface area contributed by atoms with Crippen LogP contribution in [0.3, 0.4) is 0 Å². The predicted octanol–water partition coefficient (Wildman–Crippen LogP) is 0.361. The van der Waals surface area contributed by atoms with Crippen LogP contribution in [0.5, 0.6) is 0 Å². The van der Waals surface area contributed by atoms with Crippen molar-refractivity contribution in [1.82, 2.24) is 9.80 Å². The number of aliphatic hydroxyl groups is 1. The van der Waals surface area contributed by atoms with E-state index in [1.165, 1.54) is 12.8 Å². The van der Waals surface area contributed by atoms with Gasteiger partial charge in [-0.25, -0.2) is 0 Å². The van der Waals surface area contributed by atoms with Crippen LogP contribution in [0.2, 0.25) is 0 Å². The summed E-state index contributed by atoms with van der Waals surface area (Å²) in [6.07, 6.45) is 2.42. The van der Waals surface area contributed by atoms with Crippen molar-refractivity contribution in [2.24, 2.45) is 11.1 Å². The van der Waals surface area contributed by atoms with Gasteiger partial charge in [0.1, 0.15) is 0 Å². The van der Waals surface area contributed by atoms with Gasteiger partial charge < -0.3 is 15.7 Å². The molecule has 4 nitrogen and oxygen atoms in total. The molecule has 1 aliphatic heterocycles. The molecule has 1 heterocycles. The van der Waals surface area contributed by atoms with Crippen LogP contribution in [0.4, 0.5) is 0 Å². The van der Waals surface area contributed by atoms with Crippen molar-refractivity contribution < 1.29 is 5.11 Å². The molecule has 1 atom stereocenters. The molecule has 1 aliphatic rings. The molecule has 3 N–H and O–H groups in total. The lowest BCUT2D eigenvalue weighted by Crippen LogP contribution is -2.51. The van der Waals surface area contributed by atoms with Crippen LogP contribution in [0.1, 0.15) is 26.7 Å². The summed E-state index contributed by atoms with van der Waals surface area (Å²) in [5.74, 6) is 0. The van der Waals surface area contributed by atoms with Crippen molar-refractivity contribution in [2.45, 2.75) is 26.7 Å². The average molecular weight is 243 g/mol. The van der Waals surface area contributed by atoms with E-state index in [0.29, 0.717) is 0 Å². The first-order valence-electron chi connectivity index (χ1n) is 6.89. The van der Waals surface area contributed by atoms with Gasteiger partial charge in [0.15, 0.2) is 0 Å². The number of piperazine rings is 1. The van der Waals surface area contributed by atoms with Crippen molar-refractivity contribution in [2.75, 3.05) is 52.4 Å². The van der Waals surface area contributed by atoms with Gasteiger partial charge in [0.25, 0.3) is 0 Å². The lowest BCUT2D eigenvalue weighted by atomic mass is 9.85. The lowest BCUT2D eigenvalue weighted by Gasteiger charge is -2.39. The Hall–Kier alpha value is -0.160. The number of β-amino-alcohol motifs (C(OH)–C–C–N with tert-alkyl or cyclic N) is 1. The molecule has 0 bridgehead atoms. The Morgan fingerprint density at radius 3 is 2.24 bits per heavy atom. The molecule has 1 saturated heterocycles. The minimum atomic E-state index is 0.272. The average Bonchev–Trinajstić information content (AvgIpc) is 2.32. The topological polar surface area (TPSA) is 52.7 Å². The van der Waals surface area contributed by atoms with E-state index in [2.05, 4.69) is 23.6 Å². The van der Waals surface area contributed by atoms with Crippen LogP contribution in [0, 0.1) is 5.41 Å². The Balaban J connectivity index is 2.33. The van der Waals surface area contributed by atoms with Gasteiger partial charge in [-0.15, -0.1) is 0 Å². The minimum absolute atomic E-state index is 0.272. The monoisotopic (exact) mass is 243 g/mol. The molecule has 1 unspecified atom stereocenters. The first kappa shape index (κ1) is 14.9. The van der Waals surface area contributed by atoms with Gasteiger partial charge >= 0.3 is 0 Å². The third-order valence-corrected chi connectivity index (χ3v) is 3.83. The maximum Gasteiger partial charge on any atom is 0.0558 e. The number of hydrogen-bond donors (Lipinski definition) is 2. The van der Waals surface area contributed by atoms with E-state index < -0.39 is 0 Å². The van der Waals surface area contributed by atoms with Gasteiger partial charge in [-0.3, -0.25) is 4.90 Å². The molecule has 0 aliphatic carbocycles. The first-order valence-corrected chi connectivity index (χ1v) is 6.89. The predicted molar refractivity (Wildman–Crippen MR) is 72.0 cm³/mol. The van der Waals surface area contributed by atoms with Crippen LogP contribution in [-0.4, -0.2) is 67.3 Å². The van der Waals surface area contributed by atoms with Gasteiger partial charge in [0.05, 0.1) is 6.61 Å². The summed E-state index contributed by atoms with van der Waals surface area (Å²) in [4.78, 5) is 4.85. The van der Waals surface area contributed by atoms with Crippen molar-refractivity contribution in [3.63, 3.8) is 0 Å². The molecule has 1 fully saturated rings. The van der Waals surface area contributed by atoms with Crippen LogP contribution < -0.4 is 5.73 Å². The molecule has 0 spiro atoms. The Morgan fingerprint density at radius 2 is 1.76 bits per heavy atom. The van der Waals surface area contributed by atoms with E-state index in [9.17, 15) is 0 Å². The van der Waals surface area contributed by atoms with Crippen molar-refractivity contribution >= 4 is 0 Å². The SMILES string of the molecule is CCCC(C)(CN)CN1CCN(CCO)CC1. The van der Waals surface area contributed by atoms with E-state index in [0.717, 1.165) is 45.8 Å². The molecule has 4 heteroatoms. The zero-order chi connectivity index (χ0) is 12.7. The van der Waals surface area contributed by atoms with Crippen LogP contribution in [0.15, 0.2) is 0 Å². The fourth-order valence-corrected chi connectivity index (χ4v) is 2.70. The van der Waals surface area contributed by atoms with Crippen molar-refractivity contribution in [3.8, 4) is 0 Å². The highest BCUT2D eigenvalue weighted by Crippen LogP contribution is 2.23. The van der Waals surface area contributed by atoms with Crippen molar-refractivity contribution in [1.29, 1.82) is 0 Å². The standard InChI is InChI=1S/C13H29N3O/c1-3-4-13(2,11-14)12-16-7-5-15(6-8-16)9-10-17/h17H,3-12,14H2,1-2H3. The number of rotatable bonds is 7. The second-order valence-corrected chi connectivity index (χ2v) is 5.61. The van der Waals surface area contributed by atoms with Gasteiger partial charge in [-0.2, -0.15) is 0 Å². The summed E-state index contributed by atoms with van der Waals surface area (Å²) in [6, 6.07) is 0. The summed E-state index contributed by atoms with van der Waals surface area (Å²) in [5, 5.41) is 8.91. The highest BCUT2D eigenvalue weighted by Gasteiger charge is 2.26. The molecule has 0 aromatic rings. The lowest BCUT2D eigenvalue weighted by molar-refractivity contribution is 0.0795. The molecule has 0 radical (unpaired) electrons. The van der Waals surface area contributed by atoms with Crippen LogP contribution in [-0.2, 0) is 0 Å². The highest BCUT2D eigenvalue weighted by molar-refractivity contribution is 4.82. The quantitative estimate of drug-likeness (QED) is 0.678. The highest BCUT2D eigenvalue weighted by atomic mass is 16.3. The zero-order valence-corrected chi connectivity index (χ0v) is 11.5. The zero-order valence-electron chi connectivity index (χ0n) is 11.5. The largest absolute Gasteiger partial charge is 0.395 e. The van der Waals surface area contributed by atoms with E-state index in [1.54, 1.807) is 0 Å². The summed E-state index contributed by atoms with van der Waals surface area (Å²) in [7, 11) is 0. The maximum atomic E-state index is 8.91. The molecule has 17 heavy (non-hydrogen) atoms. The Bertz CT molecular complexity index is 205. The van der Waals surface area contributed by atoms with Gasteiger partial charge in [0.2, 0.25) is 0 Å². The van der Waals surface area contributed by atoms with E-state index in [4.69, 9.17) is 10.8 Å². The summed E-state index contributed by atoms with van der Waals surface area (Å²) < 4.78 is 0. The third kappa shape index (κ3) is 4.92. The summed E-state index contributed by atoms with van der Waals surface area (Å²) in [5.41, 5.74) is 6.19. The number of hydrogen-bond acceptors (Lipinski definition) is 4. The van der Waals surface area contributed by atoms with E-state index >= 15 is 0 Å². The second kappa shape index (κ2) is 7.31. The normalized spacial score (nSPS) is 22.6. The molecule has 102 valence electrons. The summed E-state index contributed by atoms with van der Waals surface area (Å²) in [6.45, 7) is 11.9. The number of nitrogens with two attached hydrogens (primary N) is 1. The molecular weight excluding hydrogens is 214 g/mol. The molecule has 1 rings (SSSR count). The smallest absolute Gasteiger partial charge is 0.0558 e. The Kier molecular flexibility index (Phi) is 6.41. The number of nitrogens with zero attached hydrogens (tertiary/aromatic N) is 2. The molecule has 0 aromatic carbocycles. The minimum Gasteiger partial charge on any atom is -0.395 e. The van der Waals surface area contributed by atoms with Gasteiger partial charge in [0, 0.05) is 39.3 Å². The fraction of sp³-hybridized carbons (Fsp3) is 1.00. The molecule has 0 amide bonds. The van der Waals surface area contributed by atoms with Crippen molar-refractivity contribution in [3.05, 3.63) is 0 Å². The fourth-order valence-electron chi connectivity index (χ4n) is 2.70. The van der Waals surface area contributed by atoms with E-state index in [1.807, 2.05) is 0 Å². The Morgan fingerprint density at radius 1 is 1.18 bits per heavy atom. The van der Waals surface area contributed by atoms with E-state index in [-0.39, 0.29) is 12.0 Å². The summed E-state index contributed by atoms with van der Waals surface area (Å²) >= 11 is 0. The van der Waals surface area contributed by atoms with Gasteiger partial charge in [-0.1, -0.05) is 20.3 Å². The molecular formula is C13H29N3O. The third-order valence-electron chi connectivity index (χ3n) is 3.83. The second-order valence-electron chi connectivity index (χ2n) is 5.61. The van der Waals surface area contributed by atoms with Gasteiger partial charge in [-0.05, 0) is 18.4 Å². The number of aliphatic hydroxyl groups excluding tert-OH is 1.